The molecule has 0 fully saturated rings. The van der Waals surface area contributed by atoms with Crippen LogP contribution < -0.4 is 10.2 Å². The van der Waals surface area contributed by atoms with Gasteiger partial charge in [-0.15, -0.1) is 0 Å². The molecule has 1 amide bonds. The largest absolute Gasteiger partial charge is 0.756 e. The van der Waals surface area contributed by atoms with Crippen LogP contribution in [-0.2, 0) is 18.4 Å². The number of allylic oxidation sites excluding steroid dienone is 1. The fraction of sp³-hybridized carbons (Fsp3) is 0.956. The van der Waals surface area contributed by atoms with E-state index in [1.165, 1.54) is 308 Å². The lowest BCUT2D eigenvalue weighted by molar-refractivity contribution is -0.870. The van der Waals surface area contributed by atoms with Gasteiger partial charge in [-0.05, 0) is 19.3 Å². The highest BCUT2D eigenvalue weighted by atomic mass is 31.2. The SMILES string of the molecule is CCCCCCCCCCCCCCCCCCCCCCCC/C=C/C(O)C(COP(=O)([O-])OCC[N+](C)(C)C)NC(=O)CCCCCCCCCCCCCCCCCCCCCCCCCCCCCCCCC. The maximum Gasteiger partial charge on any atom is 0.268 e. The number of quaternary nitrogens is 1. The molecule has 0 aromatic heterocycles. The molecule has 0 saturated carbocycles. The molecule has 0 aliphatic carbocycles. The average molecular weight is 1110 g/mol. The number of hydrogen-bond acceptors (Lipinski definition) is 6. The van der Waals surface area contributed by atoms with Gasteiger partial charge in [0.1, 0.15) is 13.2 Å². The number of rotatable bonds is 65. The normalized spacial score (nSPS) is 13.7. The van der Waals surface area contributed by atoms with Gasteiger partial charge in [0, 0.05) is 6.42 Å². The van der Waals surface area contributed by atoms with Gasteiger partial charge >= 0.3 is 0 Å². The number of likely N-dealkylation sites (N-methyl/N-ethyl adjacent to an activating group) is 1. The standard InChI is InChI=1S/C68H137N2O6P/c1-6-8-10-12-14-16-18-20-22-24-26-28-30-32-33-34-35-36-37-38-40-42-44-46-48-50-52-54-56-58-60-62-68(72)69-66(65-76-77(73,74)75-64-63-70(3,4)5)67(71)61-59-57-55-53-51-49-47-45-43-41-39-31-29-27-25-23-21-19-17-15-13-11-9-7-2/h59,61,66-67,71H,6-58,60,62-65H2,1-5H3,(H-,69,72,73,74)/b61-59+. The summed E-state index contributed by atoms with van der Waals surface area (Å²) in [6.45, 7) is 4.72. The smallest absolute Gasteiger partial charge is 0.268 e. The Hall–Kier alpha value is -0.760. The molecule has 0 bridgehead atoms. The van der Waals surface area contributed by atoms with Crippen LogP contribution in [0.5, 0.6) is 0 Å². The molecule has 0 aliphatic heterocycles. The summed E-state index contributed by atoms with van der Waals surface area (Å²) in [4.78, 5) is 25.6. The molecule has 9 heteroatoms. The fourth-order valence-electron chi connectivity index (χ4n) is 10.9. The van der Waals surface area contributed by atoms with Crippen LogP contribution in [0, 0.1) is 0 Å². The molecule has 460 valence electrons. The molecule has 0 saturated heterocycles. The summed E-state index contributed by atoms with van der Waals surface area (Å²) in [7, 11) is 1.28. The van der Waals surface area contributed by atoms with Crippen LogP contribution in [0.3, 0.4) is 0 Å². The summed E-state index contributed by atoms with van der Waals surface area (Å²) in [5.74, 6) is -0.187. The van der Waals surface area contributed by atoms with Crippen LogP contribution in [-0.4, -0.2) is 68.5 Å². The van der Waals surface area contributed by atoms with Crippen molar-refractivity contribution in [3.63, 3.8) is 0 Å². The van der Waals surface area contributed by atoms with Gasteiger partial charge in [-0.2, -0.15) is 0 Å². The monoisotopic (exact) mass is 1110 g/mol. The van der Waals surface area contributed by atoms with E-state index in [1.54, 1.807) is 6.08 Å². The number of unbranched alkanes of at least 4 members (excludes halogenated alkanes) is 52. The Morgan fingerprint density at radius 1 is 0.442 bits per heavy atom. The van der Waals surface area contributed by atoms with Crippen molar-refractivity contribution < 1.29 is 32.9 Å². The van der Waals surface area contributed by atoms with Crippen LogP contribution in [0.4, 0.5) is 0 Å². The topological polar surface area (TPSA) is 108 Å². The van der Waals surface area contributed by atoms with Gasteiger partial charge in [0.15, 0.2) is 0 Å². The highest BCUT2D eigenvalue weighted by Gasteiger charge is 2.23. The predicted molar refractivity (Wildman–Crippen MR) is 335 cm³/mol. The summed E-state index contributed by atoms with van der Waals surface area (Å²) in [6.07, 6.45) is 76.2. The molecule has 8 nitrogen and oxygen atoms in total. The number of amides is 1. The number of hydrogen-bond donors (Lipinski definition) is 2. The first kappa shape index (κ1) is 76.2. The second kappa shape index (κ2) is 59.8. The molecule has 0 aromatic carbocycles. The number of aliphatic hydroxyl groups is 1. The van der Waals surface area contributed by atoms with Gasteiger partial charge in [0.25, 0.3) is 7.82 Å². The first-order chi connectivity index (χ1) is 37.5. The molecule has 3 atom stereocenters. The number of aliphatic hydroxyl groups excluding tert-OH is 1. The zero-order chi connectivity index (χ0) is 56.3. The Morgan fingerprint density at radius 2 is 0.701 bits per heavy atom. The Bertz CT molecular complexity index is 1260. The zero-order valence-electron chi connectivity index (χ0n) is 52.7. The van der Waals surface area contributed by atoms with Gasteiger partial charge in [-0.25, -0.2) is 0 Å². The molecule has 77 heavy (non-hydrogen) atoms. The molecule has 0 aromatic rings. The highest BCUT2D eigenvalue weighted by molar-refractivity contribution is 7.45. The van der Waals surface area contributed by atoms with Gasteiger partial charge in [0.2, 0.25) is 5.91 Å². The van der Waals surface area contributed by atoms with Gasteiger partial charge in [0.05, 0.1) is 39.9 Å². The van der Waals surface area contributed by atoms with E-state index in [4.69, 9.17) is 9.05 Å². The molecule has 0 radical (unpaired) electrons. The van der Waals surface area contributed by atoms with Crippen molar-refractivity contribution >= 4 is 13.7 Å². The van der Waals surface area contributed by atoms with Crippen LogP contribution in [0.25, 0.3) is 0 Å². The fourth-order valence-corrected chi connectivity index (χ4v) is 11.6. The van der Waals surface area contributed by atoms with E-state index in [0.717, 1.165) is 38.5 Å². The van der Waals surface area contributed by atoms with Gasteiger partial charge in [-0.3, -0.25) is 9.36 Å². The van der Waals surface area contributed by atoms with Crippen molar-refractivity contribution in [3.05, 3.63) is 12.2 Å². The second-order valence-electron chi connectivity index (χ2n) is 25.3. The average Bonchev–Trinajstić information content (AvgIpc) is 3.39. The maximum absolute atomic E-state index is 13.0. The number of carbonyl (C=O) groups excluding carboxylic acids is 1. The number of carbonyl (C=O) groups is 1. The molecular formula is C68H137N2O6P. The van der Waals surface area contributed by atoms with Crippen molar-refractivity contribution in [1.29, 1.82) is 0 Å². The number of nitrogens with one attached hydrogen (secondary N) is 1. The second-order valence-corrected chi connectivity index (χ2v) is 26.7. The van der Waals surface area contributed by atoms with Crippen molar-refractivity contribution in [2.45, 2.75) is 379 Å². The molecule has 0 aliphatic rings. The van der Waals surface area contributed by atoms with Crippen molar-refractivity contribution in [3.8, 4) is 0 Å². The quantitative estimate of drug-likeness (QED) is 0.0272. The molecule has 0 rings (SSSR count). The molecule has 3 unspecified atom stereocenters. The lowest BCUT2D eigenvalue weighted by Gasteiger charge is -2.29. The first-order valence-corrected chi connectivity index (χ1v) is 36.0. The summed E-state index contributed by atoms with van der Waals surface area (Å²) in [5, 5.41) is 14.0. The third kappa shape index (κ3) is 62.7. The molecular weight excluding hydrogens is 972 g/mol. The number of phosphoric acid groups is 1. The van der Waals surface area contributed by atoms with E-state index in [1.807, 2.05) is 27.2 Å². The van der Waals surface area contributed by atoms with E-state index in [2.05, 4.69) is 19.2 Å². The number of phosphoric ester groups is 1. The summed E-state index contributed by atoms with van der Waals surface area (Å²) < 4.78 is 23.5. The van der Waals surface area contributed by atoms with Gasteiger partial charge < -0.3 is 28.8 Å². The Labute approximate surface area is 482 Å². The third-order valence-electron chi connectivity index (χ3n) is 16.2. The first-order valence-electron chi connectivity index (χ1n) is 34.6. The van der Waals surface area contributed by atoms with E-state index < -0.39 is 20.0 Å². The Morgan fingerprint density at radius 3 is 0.974 bits per heavy atom. The lowest BCUT2D eigenvalue weighted by Crippen LogP contribution is -2.45. The molecule has 0 heterocycles. The summed E-state index contributed by atoms with van der Waals surface area (Å²) in [6, 6.07) is -0.883. The van der Waals surface area contributed by atoms with E-state index >= 15 is 0 Å². The van der Waals surface area contributed by atoms with Crippen molar-refractivity contribution in [2.75, 3.05) is 40.9 Å². The van der Waals surface area contributed by atoms with Gasteiger partial charge in [-0.1, -0.05) is 353 Å². The van der Waals surface area contributed by atoms with Crippen LogP contribution >= 0.6 is 7.82 Å². The summed E-state index contributed by atoms with van der Waals surface area (Å²) in [5.41, 5.74) is 0. The molecule has 2 N–H and O–H groups in total. The highest BCUT2D eigenvalue weighted by Crippen LogP contribution is 2.38. The molecule has 0 spiro atoms. The minimum Gasteiger partial charge on any atom is -0.756 e. The van der Waals surface area contributed by atoms with E-state index in [0.29, 0.717) is 17.4 Å². The van der Waals surface area contributed by atoms with Crippen LogP contribution in [0.1, 0.15) is 367 Å². The van der Waals surface area contributed by atoms with E-state index in [-0.39, 0.29) is 19.1 Å². The lowest BCUT2D eigenvalue weighted by atomic mass is 10.0. The predicted octanol–water partition coefficient (Wildman–Crippen LogP) is 21.1. The zero-order valence-corrected chi connectivity index (χ0v) is 53.6. The minimum atomic E-state index is -4.60. The Kier molecular flexibility index (Phi) is 59.3. The third-order valence-corrected chi connectivity index (χ3v) is 17.2. The maximum atomic E-state index is 13.0. The van der Waals surface area contributed by atoms with Crippen LogP contribution in [0.15, 0.2) is 12.2 Å². The number of nitrogens with zero attached hydrogens (tertiary/aromatic N) is 1. The van der Waals surface area contributed by atoms with Crippen molar-refractivity contribution in [2.24, 2.45) is 0 Å². The Balaban J connectivity index is 4.02. The summed E-state index contributed by atoms with van der Waals surface area (Å²) >= 11 is 0. The van der Waals surface area contributed by atoms with Crippen molar-refractivity contribution in [1.82, 2.24) is 5.32 Å². The van der Waals surface area contributed by atoms with Crippen LogP contribution in [0.2, 0.25) is 0 Å². The van der Waals surface area contributed by atoms with E-state index in [9.17, 15) is 19.4 Å². The minimum absolute atomic E-state index is 0.00297.